The number of rotatable bonds is 7. The summed E-state index contributed by atoms with van der Waals surface area (Å²) in [6.45, 7) is 6.55. The first-order valence-electron chi connectivity index (χ1n) is 9.30. The van der Waals surface area contributed by atoms with Crippen molar-refractivity contribution in [1.29, 1.82) is 0 Å². The van der Waals surface area contributed by atoms with Crippen LogP contribution in [0.2, 0.25) is 0 Å². The van der Waals surface area contributed by atoms with E-state index in [1.54, 1.807) is 6.08 Å². The van der Waals surface area contributed by atoms with Crippen LogP contribution in [0.25, 0.3) is 6.08 Å². The Morgan fingerprint density at radius 3 is 2.48 bits per heavy atom. The van der Waals surface area contributed by atoms with E-state index >= 15 is 0 Å². The van der Waals surface area contributed by atoms with Gasteiger partial charge in [0.25, 0.3) is 11.1 Å². The fraction of sp³-hybridized carbons (Fsp3) is 0.273. The molecule has 1 fully saturated rings. The molecule has 7 heteroatoms. The second-order valence-corrected chi connectivity index (χ2v) is 8.61. The second-order valence-electron chi connectivity index (χ2n) is 6.70. The topological polar surface area (TPSA) is 55.8 Å². The zero-order chi connectivity index (χ0) is 21.0. The summed E-state index contributed by atoms with van der Waals surface area (Å²) in [7, 11) is 0. The van der Waals surface area contributed by atoms with E-state index < -0.39 is 0 Å². The summed E-state index contributed by atoms with van der Waals surface area (Å²) < 4.78 is 12.4. The Morgan fingerprint density at radius 2 is 1.83 bits per heavy atom. The third-order valence-corrected chi connectivity index (χ3v) is 5.49. The lowest BCUT2D eigenvalue weighted by molar-refractivity contribution is -0.123. The van der Waals surface area contributed by atoms with Crippen LogP contribution in [-0.2, 0) is 11.3 Å². The van der Waals surface area contributed by atoms with Gasteiger partial charge in [-0.05, 0) is 74.0 Å². The van der Waals surface area contributed by atoms with Crippen molar-refractivity contribution in [2.45, 2.75) is 33.4 Å². The lowest BCUT2D eigenvalue weighted by Gasteiger charge is -2.15. The Bertz CT molecular complexity index is 940. The van der Waals surface area contributed by atoms with Crippen molar-refractivity contribution >= 4 is 44.9 Å². The zero-order valence-electron chi connectivity index (χ0n) is 16.5. The molecule has 152 valence electrons. The molecule has 0 N–H and O–H groups in total. The summed E-state index contributed by atoms with van der Waals surface area (Å²) in [5.74, 6) is 0.981. The zero-order valence-corrected chi connectivity index (χ0v) is 18.9. The predicted molar refractivity (Wildman–Crippen MR) is 119 cm³/mol. The lowest BCUT2D eigenvalue weighted by atomic mass is 10.1. The predicted octanol–water partition coefficient (Wildman–Crippen LogP) is 5.87. The maximum absolute atomic E-state index is 12.8. The van der Waals surface area contributed by atoms with Crippen molar-refractivity contribution in [3.05, 3.63) is 63.0 Å². The summed E-state index contributed by atoms with van der Waals surface area (Å²) in [6.07, 6.45) is 1.74. The number of amides is 2. The summed E-state index contributed by atoms with van der Waals surface area (Å²) in [6, 6.07) is 13.0. The average Bonchev–Trinajstić information content (AvgIpc) is 2.93. The molecule has 0 aliphatic carbocycles. The number of benzene rings is 2. The Hall–Kier alpha value is -2.25. The molecule has 2 aromatic rings. The van der Waals surface area contributed by atoms with Gasteiger partial charge in [0.2, 0.25) is 0 Å². The molecule has 0 bridgehead atoms. The third kappa shape index (κ3) is 5.42. The molecule has 3 rings (SSSR count). The molecule has 0 spiro atoms. The highest BCUT2D eigenvalue weighted by molar-refractivity contribution is 9.10. The van der Waals surface area contributed by atoms with Crippen LogP contribution >= 0.6 is 27.7 Å². The third-order valence-electron chi connectivity index (χ3n) is 4.06. The van der Waals surface area contributed by atoms with Crippen LogP contribution in [-0.4, -0.2) is 28.8 Å². The number of nitrogens with zero attached hydrogens (tertiary/aromatic N) is 1. The molecule has 2 amide bonds. The van der Waals surface area contributed by atoms with Gasteiger partial charge in [-0.25, -0.2) is 0 Å². The van der Waals surface area contributed by atoms with Gasteiger partial charge < -0.3 is 9.47 Å². The van der Waals surface area contributed by atoms with Gasteiger partial charge in [-0.3, -0.25) is 14.5 Å². The van der Waals surface area contributed by atoms with Crippen LogP contribution in [0.1, 0.15) is 31.9 Å². The smallest absolute Gasteiger partial charge is 0.293 e. The Kier molecular flexibility index (Phi) is 7.03. The maximum atomic E-state index is 12.8. The largest absolute Gasteiger partial charge is 0.490 e. The minimum absolute atomic E-state index is 0.0233. The molecular formula is C22H22BrNO4S. The van der Waals surface area contributed by atoms with Crippen molar-refractivity contribution in [3.63, 3.8) is 0 Å². The van der Waals surface area contributed by atoms with Crippen LogP contribution in [0.5, 0.6) is 11.5 Å². The van der Waals surface area contributed by atoms with E-state index in [9.17, 15) is 9.59 Å². The number of hydrogen-bond acceptors (Lipinski definition) is 5. The van der Waals surface area contributed by atoms with Gasteiger partial charge in [0.1, 0.15) is 0 Å². The molecule has 29 heavy (non-hydrogen) atoms. The van der Waals surface area contributed by atoms with Crippen LogP contribution < -0.4 is 9.47 Å². The van der Waals surface area contributed by atoms with E-state index in [1.807, 2.05) is 63.2 Å². The Balaban J connectivity index is 1.81. The molecule has 1 aliphatic rings. The minimum Gasteiger partial charge on any atom is -0.490 e. The van der Waals surface area contributed by atoms with Crippen LogP contribution in [0, 0.1) is 0 Å². The van der Waals surface area contributed by atoms with Crippen molar-refractivity contribution in [2.75, 3.05) is 6.61 Å². The van der Waals surface area contributed by atoms with Gasteiger partial charge in [0.05, 0.1) is 24.2 Å². The summed E-state index contributed by atoms with van der Waals surface area (Å²) in [4.78, 5) is 26.8. The van der Waals surface area contributed by atoms with E-state index in [-0.39, 0.29) is 23.8 Å². The second kappa shape index (κ2) is 9.50. The van der Waals surface area contributed by atoms with E-state index in [1.165, 1.54) is 4.90 Å². The van der Waals surface area contributed by atoms with E-state index in [2.05, 4.69) is 15.9 Å². The van der Waals surface area contributed by atoms with Crippen LogP contribution in [0.3, 0.4) is 0 Å². The monoisotopic (exact) mass is 475 g/mol. The number of carbonyl (C=O) groups is 2. The average molecular weight is 476 g/mol. The Morgan fingerprint density at radius 1 is 1.10 bits per heavy atom. The fourth-order valence-electron chi connectivity index (χ4n) is 2.79. The summed E-state index contributed by atoms with van der Waals surface area (Å²) in [5, 5.41) is -0.269. The molecular weight excluding hydrogens is 454 g/mol. The van der Waals surface area contributed by atoms with Gasteiger partial charge in [0.15, 0.2) is 11.5 Å². The summed E-state index contributed by atoms with van der Waals surface area (Å²) >= 11 is 4.33. The Labute approximate surface area is 183 Å². The van der Waals surface area contributed by atoms with Crippen LogP contribution in [0.15, 0.2) is 51.8 Å². The number of halogens is 1. The minimum atomic E-state index is -0.289. The number of carbonyl (C=O) groups excluding carboxylic acids is 2. The normalized spacial score (nSPS) is 15.5. The van der Waals surface area contributed by atoms with Crippen molar-refractivity contribution in [3.8, 4) is 11.5 Å². The molecule has 1 saturated heterocycles. The number of ether oxygens (including phenoxy) is 2. The first-order valence-corrected chi connectivity index (χ1v) is 10.9. The molecule has 1 heterocycles. The molecule has 0 unspecified atom stereocenters. The standard InChI is InChI=1S/C22H22BrNO4S/c1-4-27-19-11-16(7-10-18(19)28-14(2)3)12-20-21(25)24(22(26)29-20)13-15-5-8-17(23)9-6-15/h5-12,14H,4,13H2,1-3H3/b20-12-. The number of thioether (sulfide) groups is 1. The van der Waals surface area contributed by atoms with E-state index in [4.69, 9.17) is 9.47 Å². The van der Waals surface area contributed by atoms with Gasteiger partial charge in [-0.2, -0.15) is 0 Å². The van der Waals surface area contributed by atoms with Gasteiger partial charge in [0, 0.05) is 4.47 Å². The number of imide groups is 1. The first kappa shape index (κ1) is 21.5. The lowest BCUT2D eigenvalue weighted by Crippen LogP contribution is -2.27. The SMILES string of the molecule is CCOc1cc(/C=C2\SC(=O)N(Cc3ccc(Br)cc3)C2=O)ccc1OC(C)C. The molecule has 5 nitrogen and oxygen atoms in total. The van der Waals surface area contributed by atoms with Crippen molar-refractivity contribution < 1.29 is 19.1 Å². The quantitative estimate of drug-likeness (QED) is 0.468. The highest BCUT2D eigenvalue weighted by Crippen LogP contribution is 2.35. The molecule has 0 aromatic heterocycles. The molecule has 0 radical (unpaired) electrons. The van der Waals surface area contributed by atoms with E-state index in [0.717, 1.165) is 27.4 Å². The fourth-order valence-corrected chi connectivity index (χ4v) is 3.90. The van der Waals surface area contributed by atoms with Gasteiger partial charge >= 0.3 is 0 Å². The summed E-state index contributed by atoms with van der Waals surface area (Å²) in [5.41, 5.74) is 1.67. The van der Waals surface area contributed by atoms with Crippen molar-refractivity contribution in [1.82, 2.24) is 4.90 Å². The molecule has 1 aliphatic heterocycles. The molecule has 0 saturated carbocycles. The van der Waals surface area contributed by atoms with Crippen molar-refractivity contribution in [2.24, 2.45) is 0 Å². The van der Waals surface area contributed by atoms with Crippen LogP contribution in [0.4, 0.5) is 4.79 Å². The number of hydrogen-bond donors (Lipinski definition) is 0. The molecule has 0 atom stereocenters. The molecule has 2 aromatic carbocycles. The van der Waals surface area contributed by atoms with E-state index in [0.29, 0.717) is 23.0 Å². The maximum Gasteiger partial charge on any atom is 0.293 e. The highest BCUT2D eigenvalue weighted by atomic mass is 79.9. The first-order chi connectivity index (χ1) is 13.9. The van der Waals surface area contributed by atoms with Gasteiger partial charge in [-0.15, -0.1) is 0 Å². The highest BCUT2D eigenvalue weighted by Gasteiger charge is 2.35. The van der Waals surface area contributed by atoms with Gasteiger partial charge in [-0.1, -0.05) is 34.1 Å².